The molecular formula is C20H26N5O10PS. The first-order valence-corrected chi connectivity index (χ1v) is 12.9. The molecule has 15 nitrogen and oxygen atoms in total. The highest BCUT2D eigenvalue weighted by Crippen LogP contribution is 2.36. The number of nitrogens with one attached hydrogen (secondary N) is 1. The fourth-order valence-corrected chi connectivity index (χ4v) is 4.24. The standard InChI is InChI=1S/C20H26N5O10PS/c1-7-3-10-14(13(8(7)2)16(28)9(21)6-37)22-15-18(23-20(31)24-19(15)30)25(10)4-11(26)17(29)12(27)5-35-36(32,33)34/h3,9,11-12,17,26-27,29,37H,4-6,21H2,1-2H3,(H,24,30,31)(H2,32,33,34)/t9-,11-,12+,17-/m0/s1. The third kappa shape index (κ3) is 6.14. The number of hydrogen-bond acceptors (Lipinski definition) is 12. The molecule has 8 N–H and O–H groups in total. The summed E-state index contributed by atoms with van der Waals surface area (Å²) in [5.74, 6) is -0.786. The average molecular weight is 559 g/mol. The van der Waals surface area contributed by atoms with E-state index in [4.69, 9.17) is 15.5 Å². The summed E-state index contributed by atoms with van der Waals surface area (Å²) in [6, 6.07) is 0.565. The summed E-state index contributed by atoms with van der Waals surface area (Å²) in [5.41, 5.74) is 4.98. The number of nitrogens with zero attached hydrogens (tertiary/aromatic N) is 3. The fraction of sp³-hybridized carbons (Fsp3) is 0.450. The van der Waals surface area contributed by atoms with Crippen molar-refractivity contribution in [1.82, 2.24) is 19.5 Å². The van der Waals surface area contributed by atoms with Crippen molar-refractivity contribution in [2.45, 2.75) is 44.7 Å². The van der Waals surface area contributed by atoms with Gasteiger partial charge in [0.1, 0.15) is 18.3 Å². The Hall–Kier alpha value is -2.53. The minimum Gasteiger partial charge on any atom is -0.388 e. The number of phosphoric ester groups is 1. The molecule has 0 saturated heterocycles. The Morgan fingerprint density at radius 1 is 1.22 bits per heavy atom. The lowest BCUT2D eigenvalue weighted by Gasteiger charge is -2.26. The van der Waals surface area contributed by atoms with E-state index in [9.17, 15) is 34.3 Å². The van der Waals surface area contributed by atoms with Crippen molar-refractivity contribution in [3.8, 4) is 11.5 Å². The van der Waals surface area contributed by atoms with Crippen LogP contribution < -0.4 is 17.0 Å². The third-order valence-electron chi connectivity index (χ3n) is 5.78. The molecule has 0 fully saturated rings. The van der Waals surface area contributed by atoms with Crippen molar-refractivity contribution in [3.05, 3.63) is 43.6 Å². The summed E-state index contributed by atoms with van der Waals surface area (Å²) < 4.78 is 16.2. The molecule has 0 radical (unpaired) electrons. The number of carbonyl (C=O) groups is 1. The number of benzene rings is 1. The first-order chi connectivity index (χ1) is 17.2. The predicted octanol–water partition coefficient (Wildman–Crippen LogP) is -2.17. The maximum absolute atomic E-state index is 13.1. The number of aliphatic hydroxyl groups excluding tert-OH is 3. The summed E-state index contributed by atoms with van der Waals surface area (Å²) >= 11 is 4.07. The summed E-state index contributed by atoms with van der Waals surface area (Å²) in [7, 11) is -4.97. The van der Waals surface area contributed by atoms with E-state index >= 15 is 0 Å². The Morgan fingerprint density at radius 3 is 2.46 bits per heavy atom. The fourth-order valence-electron chi connectivity index (χ4n) is 3.73. The van der Waals surface area contributed by atoms with Crippen LogP contribution in [0.15, 0.2) is 15.7 Å². The van der Waals surface area contributed by atoms with Crippen LogP contribution >= 0.6 is 20.5 Å². The number of aromatic amines is 1. The van der Waals surface area contributed by atoms with E-state index in [-0.39, 0.29) is 33.9 Å². The number of rotatable bonds is 10. The van der Waals surface area contributed by atoms with Crippen LogP contribution in [-0.4, -0.2) is 87.1 Å². The van der Waals surface area contributed by atoms with Gasteiger partial charge in [0.2, 0.25) is 0 Å². The number of fused-ring (bicyclic) bond motifs is 2. The average Bonchev–Trinajstić information content (AvgIpc) is 2.82. The van der Waals surface area contributed by atoms with Gasteiger partial charge in [-0.1, -0.05) is 0 Å². The zero-order chi connectivity index (χ0) is 27.8. The number of carbonyl (C=O) groups excluding carboxylic acids is 1. The molecule has 37 heavy (non-hydrogen) atoms. The number of hydrogen-bond donors (Lipinski definition) is 8. The van der Waals surface area contributed by atoms with Crippen LogP contribution in [0.4, 0.5) is 0 Å². The number of phosphoric acid groups is 1. The lowest BCUT2D eigenvalue weighted by Crippen LogP contribution is -2.42. The van der Waals surface area contributed by atoms with Crippen LogP contribution in [-0.2, 0) is 15.6 Å². The second kappa shape index (κ2) is 11.1. The molecule has 202 valence electrons. The molecule has 0 amide bonds. The van der Waals surface area contributed by atoms with E-state index in [1.54, 1.807) is 19.9 Å². The monoisotopic (exact) mass is 559 g/mol. The van der Waals surface area contributed by atoms with Crippen molar-refractivity contribution in [1.29, 1.82) is 0 Å². The van der Waals surface area contributed by atoms with E-state index < -0.39 is 62.4 Å². The lowest BCUT2D eigenvalue weighted by atomic mass is 9.94. The molecule has 3 rings (SSSR count). The second-order valence-corrected chi connectivity index (χ2v) is 10.00. The molecular weight excluding hydrogens is 533 g/mol. The number of thiol groups is 1. The number of aromatic nitrogens is 4. The van der Waals surface area contributed by atoms with Gasteiger partial charge in [0.25, 0.3) is 5.56 Å². The van der Waals surface area contributed by atoms with Gasteiger partial charge in [0.15, 0.2) is 17.3 Å². The van der Waals surface area contributed by atoms with Gasteiger partial charge in [-0.2, -0.15) is 17.6 Å². The highest BCUT2D eigenvalue weighted by Gasteiger charge is 2.31. The van der Waals surface area contributed by atoms with E-state index in [1.807, 2.05) is 4.98 Å². The smallest absolute Gasteiger partial charge is 0.388 e. The number of Topliss-reactive ketones (excluding diaryl/α,β-unsaturated/α-hetero) is 1. The van der Waals surface area contributed by atoms with E-state index in [0.29, 0.717) is 11.1 Å². The highest BCUT2D eigenvalue weighted by atomic mass is 32.1. The van der Waals surface area contributed by atoms with E-state index in [2.05, 4.69) is 27.1 Å². The van der Waals surface area contributed by atoms with Crippen molar-refractivity contribution in [2.24, 2.45) is 5.73 Å². The largest absolute Gasteiger partial charge is 0.469 e. The van der Waals surface area contributed by atoms with Crippen LogP contribution in [0.25, 0.3) is 22.6 Å². The maximum atomic E-state index is 13.1. The Kier molecular flexibility index (Phi) is 8.68. The quantitative estimate of drug-likeness (QED) is 0.0571. The van der Waals surface area contributed by atoms with Crippen molar-refractivity contribution >= 4 is 37.3 Å². The van der Waals surface area contributed by atoms with Crippen molar-refractivity contribution in [3.63, 3.8) is 0 Å². The molecule has 0 spiro atoms. The Bertz CT molecular complexity index is 1470. The number of aryl methyl sites for hydroxylation is 1. The molecule has 2 heterocycles. The molecule has 0 aliphatic carbocycles. The topological polar surface area (TPSA) is 251 Å². The zero-order valence-electron chi connectivity index (χ0n) is 19.6. The highest BCUT2D eigenvalue weighted by molar-refractivity contribution is 7.80. The van der Waals surface area contributed by atoms with Gasteiger partial charge in [-0.15, -0.1) is 0 Å². The molecule has 2 aliphatic heterocycles. The predicted molar refractivity (Wildman–Crippen MR) is 133 cm³/mol. The van der Waals surface area contributed by atoms with Gasteiger partial charge in [0, 0.05) is 5.75 Å². The minimum absolute atomic E-state index is 0.0100. The van der Waals surface area contributed by atoms with Gasteiger partial charge < -0.3 is 35.4 Å². The third-order valence-corrected chi connectivity index (χ3v) is 6.65. The molecule has 2 aliphatic rings. The van der Waals surface area contributed by atoms with Gasteiger partial charge in [-0.05, 0) is 31.0 Å². The Morgan fingerprint density at radius 2 is 1.86 bits per heavy atom. The summed E-state index contributed by atoms with van der Waals surface area (Å²) in [6.07, 6.45) is -5.74. The first kappa shape index (κ1) is 29.0. The number of H-pyrrole nitrogens is 1. The van der Waals surface area contributed by atoms with Crippen LogP contribution in [0.3, 0.4) is 0 Å². The molecule has 17 heteroatoms. The van der Waals surface area contributed by atoms with Gasteiger partial charge in [0.05, 0.1) is 35.8 Å². The van der Waals surface area contributed by atoms with Crippen LogP contribution in [0.5, 0.6) is 0 Å². The summed E-state index contributed by atoms with van der Waals surface area (Å²) in [5, 5.41) is 31.1. The first-order valence-electron chi connectivity index (χ1n) is 10.8. The van der Waals surface area contributed by atoms with Gasteiger partial charge in [-0.25, -0.2) is 14.3 Å². The summed E-state index contributed by atoms with van der Waals surface area (Å²) in [6.45, 7) is 1.74. The number of aliphatic hydroxyl groups is 3. The SMILES string of the molecule is Cc1cc2c(nc3c(=O)[nH]c(=O)nc-3n2C[C@H](O)[C@H](O)[C@H](O)COP(=O)(O)O)c(C(=O)[C@@H](N)CS)c1C. The molecule has 1 aromatic rings. The van der Waals surface area contributed by atoms with E-state index in [0.717, 1.165) is 0 Å². The van der Waals surface area contributed by atoms with Gasteiger partial charge in [-0.3, -0.25) is 19.1 Å². The Balaban J connectivity index is 2.24. The van der Waals surface area contributed by atoms with Crippen LogP contribution in [0.1, 0.15) is 21.5 Å². The summed E-state index contributed by atoms with van der Waals surface area (Å²) in [4.78, 5) is 65.4. The maximum Gasteiger partial charge on any atom is 0.469 e. The van der Waals surface area contributed by atoms with Gasteiger partial charge >= 0.3 is 13.5 Å². The van der Waals surface area contributed by atoms with Crippen LogP contribution in [0.2, 0.25) is 0 Å². The normalized spacial score (nSPS) is 15.6. The van der Waals surface area contributed by atoms with Crippen LogP contribution in [0, 0.1) is 13.8 Å². The van der Waals surface area contributed by atoms with E-state index in [1.165, 1.54) is 4.57 Å². The zero-order valence-corrected chi connectivity index (χ0v) is 21.4. The van der Waals surface area contributed by atoms with Crippen molar-refractivity contribution < 1.29 is 39.0 Å². The molecule has 0 saturated carbocycles. The lowest BCUT2D eigenvalue weighted by molar-refractivity contribution is -0.0793. The second-order valence-electron chi connectivity index (χ2n) is 8.39. The molecule has 0 aromatic heterocycles. The van der Waals surface area contributed by atoms with Crippen molar-refractivity contribution in [2.75, 3.05) is 12.4 Å². The molecule has 0 unspecified atom stereocenters. The minimum atomic E-state index is -4.97. The molecule has 1 aromatic carbocycles. The number of nitrogens with two attached hydrogens (primary N) is 1. The number of ketones is 1. The molecule has 4 atom stereocenters. The molecule has 0 bridgehead atoms. The Labute approximate surface area is 214 Å².